The first-order valence-electron chi connectivity index (χ1n) is 10.2. The number of fused-ring (bicyclic) bond motifs is 1. The number of nitrogens with zero attached hydrogens (tertiary/aromatic N) is 2. The van der Waals surface area contributed by atoms with Gasteiger partial charge >= 0.3 is 0 Å². The van der Waals surface area contributed by atoms with Gasteiger partial charge in [0.25, 0.3) is 0 Å². The van der Waals surface area contributed by atoms with E-state index in [0.717, 1.165) is 48.2 Å². The Hall–Kier alpha value is -3.08. The normalized spacial score (nSPS) is 15.9. The smallest absolute Gasteiger partial charge is 0.227 e. The van der Waals surface area contributed by atoms with Crippen molar-refractivity contribution >= 4 is 11.1 Å². The predicted octanol–water partition coefficient (Wildman–Crippen LogP) is 5.21. The third-order valence-corrected chi connectivity index (χ3v) is 5.82. The SMILES string of the molecule is C#CC(c1ccc(-c2nc3cc(C#N)cc(C(C)C)c3o2)cc1)C1CCNCC1. The van der Waals surface area contributed by atoms with E-state index < -0.39 is 0 Å². The average Bonchev–Trinajstić information content (AvgIpc) is 3.18. The van der Waals surface area contributed by atoms with Gasteiger partial charge in [-0.05, 0) is 67.6 Å². The van der Waals surface area contributed by atoms with Crippen LogP contribution in [0.5, 0.6) is 0 Å². The molecule has 0 bridgehead atoms. The monoisotopic (exact) mass is 383 g/mol. The Balaban J connectivity index is 1.67. The van der Waals surface area contributed by atoms with Gasteiger partial charge in [0.15, 0.2) is 5.58 Å². The summed E-state index contributed by atoms with van der Waals surface area (Å²) in [6.07, 6.45) is 8.10. The second-order valence-electron chi connectivity index (χ2n) is 8.05. The lowest BCUT2D eigenvalue weighted by Gasteiger charge is -2.27. The van der Waals surface area contributed by atoms with E-state index in [-0.39, 0.29) is 11.8 Å². The second kappa shape index (κ2) is 8.11. The van der Waals surface area contributed by atoms with Crippen molar-refractivity contribution in [3.8, 4) is 29.9 Å². The Morgan fingerprint density at radius 2 is 1.90 bits per heavy atom. The molecule has 0 aliphatic carbocycles. The zero-order valence-electron chi connectivity index (χ0n) is 16.9. The lowest BCUT2D eigenvalue weighted by atomic mass is 9.81. The van der Waals surface area contributed by atoms with Crippen molar-refractivity contribution in [2.24, 2.45) is 5.92 Å². The Kier molecular flexibility index (Phi) is 5.38. The highest BCUT2D eigenvalue weighted by atomic mass is 16.3. The molecule has 0 radical (unpaired) electrons. The Bertz CT molecular complexity index is 1090. The maximum absolute atomic E-state index is 9.31. The highest BCUT2D eigenvalue weighted by Crippen LogP contribution is 2.34. The first-order valence-corrected chi connectivity index (χ1v) is 10.2. The molecular formula is C25H25N3O. The molecule has 4 rings (SSSR count). The summed E-state index contributed by atoms with van der Waals surface area (Å²) in [4.78, 5) is 4.65. The standard InChI is InChI=1S/C25H25N3O/c1-4-21(19-9-11-27-12-10-19)18-5-7-20(8-6-18)25-28-23-14-17(15-26)13-22(16(2)3)24(23)29-25/h1,5-8,13-14,16,19,21,27H,9-12H2,2-3H3. The molecule has 146 valence electrons. The Morgan fingerprint density at radius 3 is 2.52 bits per heavy atom. The van der Waals surface area contributed by atoms with Crippen LogP contribution >= 0.6 is 0 Å². The maximum atomic E-state index is 9.31. The average molecular weight is 383 g/mol. The van der Waals surface area contributed by atoms with Gasteiger partial charge in [-0.1, -0.05) is 31.9 Å². The molecule has 1 aliphatic heterocycles. The molecule has 1 aliphatic rings. The molecule has 29 heavy (non-hydrogen) atoms. The highest BCUT2D eigenvalue weighted by molar-refractivity contribution is 5.81. The van der Waals surface area contributed by atoms with Crippen molar-refractivity contribution in [3.05, 3.63) is 53.1 Å². The van der Waals surface area contributed by atoms with Gasteiger partial charge in [0.05, 0.1) is 11.6 Å². The van der Waals surface area contributed by atoms with Crippen LogP contribution in [0.25, 0.3) is 22.6 Å². The van der Waals surface area contributed by atoms with Crippen molar-refractivity contribution in [2.45, 2.75) is 38.5 Å². The van der Waals surface area contributed by atoms with Crippen LogP contribution in [0, 0.1) is 29.6 Å². The van der Waals surface area contributed by atoms with E-state index in [4.69, 9.17) is 10.8 Å². The maximum Gasteiger partial charge on any atom is 0.227 e. The van der Waals surface area contributed by atoms with Crippen LogP contribution in [0.4, 0.5) is 0 Å². The van der Waals surface area contributed by atoms with E-state index in [1.165, 1.54) is 5.56 Å². The molecule has 0 spiro atoms. The van der Waals surface area contributed by atoms with Crippen molar-refractivity contribution < 1.29 is 4.42 Å². The molecule has 4 nitrogen and oxygen atoms in total. The summed E-state index contributed by atoms with van der Waals surface area (Å²) < 4.78 is 6.12. The molecule has 2 heterocycles. The topological polar surface area (TPSA) is 61.9 Å². The molecule has 0 saturated carbocycles. The summed E-state index contributed by atoms with van der Waals surface area (Å²) in [6, 6.07) is 14.2. The third kappa shape index (κ3) is 3.77. The second-order valence-corrected chi connectivity index (χ2v) is 8.05. The van der Waals surface area contributed by atoms with Gasteiger partial charge in [0, 0.05) is 17.0 Å². The summed E-state index contributed by atoms with van der Waals surface area (Å²) in [5.74, 6) is 4.48. The fourth-order valence-electron chi connectivity index (χ4n) is 4.19. The molecular weight excluding hydrogens is 358 g/mol. The fourth-order valence-corrected chi connectivity index (χ4v) is 4.19. The zero-order chi connectivity index (χ0) is 20.4. The fraction of sp³-hybridized carbons (Fsp3) is 0.360. The third-order valence-electron chi connectivity index (χ3n) is 5.82. The number of terminal acetylenes is 1. The van der Waals surface area contributed by atoms with E-state index >= 15 is 0 Å². The van der Waals surface area contributed by atoms with Crippen LogP contribution in [0.3, 0.4) is 0 Å². The number of oxazole rings is 1. The number of nitrogens with one attached hydrogen (secondary N) is 1. The molecule has 1 aromatic heterocycles. The van der Waals surface area contributed by atoms with Gasteiger partial charge in [-0.15, -0.1) is 6.42 Å². The van der Waals surface area contributed by atoms with Crippen LogP contribution in [0.2, 0.25) is 0 Å². The van der Waals surface area contributed by atoms with Crippen LogP contribution in [-0.2, 0) is 0 Å². The van der Waals surface area contributed by atoms with Gasteiger partial charge < -0.3 is 9.73 Å². The molecule has 3 aromatic rings. The van der Waals surface area contributed by atoms with Crippen LogP contribution in [0.1, 0.15) is 55.2 Å². The van der Waals surface area contributed by atoms with Crippen molar-refractivity contribution in [3.63, 3.8) is 0 Å². The number of nitriles is 1. The molecule has 2 aromatic carbocycles. The van der Waals surface area contributed by atoms with Crippen LogP contribution in [-0.4, -0.2) is 18.1 Å². The zero-order valence-corrected chi connectivity index (χ0v) is 16.9. The van der Waals surface area contributed by atoms with Crippen molar-refractivity contribution in [1.29, 1.82) is 5.26 Å². The number of aromatic nitrogens is 1. The quantitative estimate of drug-likeness (QED) is 0.629. The van der Waals surface area contributed by atoms with Gasteiger partial charge in [-0.25, -0.2) is 4.98 Å². The lowest BCUT2D eigenvalue weighted by Crippen LogP contribution is -2.30. The van der Waals surface area contributed by atoms with Crippen molar-refractivity contribution in [1.82, 2.24) is 10.3 Å². The number of piperidine rings is 1. The van der Waals surface area contributed by atoms with Gasteiger partial charge in [-0.3, -0.25) is 0 Å². The van der Waals surface area contributed by atoms with Gasteiger partial charge in [0.1, 0.15) is 5.52 Å². The molecule has 1 atom stereocenters. The van der Waals surface area contributed by atoms with E-state index in [9.17, 15) is 5.26 Å². The number of benzene rings is 2. The first kappa shape index (κ1) is 19.2. The summed E-state index contributed by atoms with van der Waals surface area (Å²) in [7, 11) is 0. The first-order chi connectivity index (χ1) is 14.1. The van der Waals surface area contributed by atoms with Crippen molar-refractivity contribution in [2.75, 3.05) is 13.1 Å². The molecule has 4 heteroatoms. The number of rotatable bonds is 4. The molecule has 0 amide bonds. The van der Waals surface area contributed by atoms with E-state index in [1.54, 1.807) is 6.07 Å². The van der Waals surface area contributed by atoms with E-state index in [2.05, 4.69) is 48.3 Å². The van der Waals surface area contributed by atoms with Gasteiger partial charge in [-0.2, -0.15) is 5.26 Å². The van der Waals surface area contributed by atoms with Crippen LogP contribution in [0.15, 0.2) is 40.8 Å². The highest BCUT2D eigenvalue weighted by Gasteiger charge is 2.23. The molecule has 1 unspecified atom stereocenters. The summed E-state index contributed by atoms with van der Waals surface area (Å²) >= 11 is 0. The summed E-state index contributed by atoms with van der Waals surface area (Å²) in [6.45, 7) is 6.25. The lowest BCUT2D eigenvalue weighted by molar-refractivity contribution is 0.352. The Morgan fingerprint density at radius 1 is 1.17 bits per heavy atom. The molecule has 1 saturated heterocycles. The predicted molar refractivity (Wildman–Crippen MR) is 115 cm³/mol. The summed E-state index contributed by atoms with van der Waals surface area (Å²) in [5, 5.41) is 12.7. The minimum atomic E-state index is 0.139. The van der Waals surface area contributed by atoms with Crippen LogP contribution < -0.4 is 5.32 Å². The molecule has 1 N–H and O–H groups in total. The number of hydrogen-bond acceptors (Lipinski definition) is 4. The minimum Gasteiger partial charge on any atom is -0.436 e. The number of hydrogen-bond donors (Lipinski definition) is 1. The van der Waals surface area contributed by atoms with Gasteiger partial charge in [0.2, 0.25) is 5.89 Å². The minimum absolute atomic E-state index is 0.139. The summed E-state index contributed by atoms with van der Waals surface area (Å²) in [5.41, 5.74) is 5.19. The molecule has 1 fully saturated rings. The Labute approximate surface area is 171 Å². The van der Waals surface area contributed by atoms with E-state index in [0.29, 0.717) is 17.4 Å². The van der Waals surface area contributed by atoms with E-state index in [1.807, 2.05) is 18.2 Å². The largest absolute Gasteiger partial charge is 0.436 e.